The SMILES string of the molecule is Cc1nn(C)c(C)c1CC(=O)N(C)C(C)CO. The largest absolute Gasteiger partial charge is 0.394 e. The number of hydrogen-bond donors (Lipinski definition) is 1. The van der Waals surface area contributed by atoms with E-state index in [4.69, 9.17) is 5.11 Å². The molecule has 1 heterocycles. The lowest BCUT2D eigenvalue weighted by molar-refractivity contribution is -0.131. The van der Waals surface area contributed by atoms with Crippen LogP contribution in [0.1, 0.15) is 23.9 Å². The van der Waals surface area contributed by atoms with Gasteiger partial charge in [0.15, 0.2) is 0 Å². The third kappa shape index (κ3) is 2.85. The number of aromatic nitrogens is 2. The molecule has 0 saturated heterocycles. The van der Waals surface area contributed by atoms with E-state index in [2.05, 4.69) is 5.10 Å². The molecule has 1 N–H and O–H groups in total. The normalized spacial score (nSPS) is 12.6. The van der Waals surface area contributed by atoms with Gasteiger partial charge in [-0.05, 0) is 20.8 Å². The number of rotatable bonds is 4. The summed E-state index contributed by atoms with van der Waals surface area (Å²) in [5, 5.41) is 13.3. The van der Waals surface area contributed by atoms with Crippen LogP contribution in [-0.2, 0) is 18.3 Å². The minimum absolute atomic E-state index is 0.00532. The van der Waals surface area contributed by atoms with Crippen molar-refractivity contribution in [3.63, 3.8) is 0 Å². The molecular weight excluding hydrogens is 218 g/mol. The van der Waals surface area contributed by atoms with Crippen LogP contribution in [0.25, 0.3) is 0 Å². The summed E-state index contributed by atoms with van der Waals surface area (Å²) in [6, 6.07) is -0.153. The highest BCUT2D eigenvalue weighted by Crippen LogP contribution is 2.14. The van der Waals surface area contributed by atoms with Gasteiger partial charge in [0.25, 0.3) is 0 Å². The van der Waals surface area contributed by atoms with Crippen molar-refractivity contribution in [3.8, 4) is 0 Å². The molecule has 0 aromatic carbocycles. The van der Waals surface area contributed by atoms with Crippen LogP contribution in [0, 0.1) is 13.8 Å². The van der Waals surface area contributed by atoms with Crippen molar-refractivity contribution < 1.29 is 9.90 Å². The number of likely N-dealkylation sites (N-methyl/N-ethyl adjacent to an activating group) is 1. The molecule has 5 nitrogen and oxygen atoms in total. The quantitative estimate of drug-likeness (QED) is 0.828. The zero-order chi connectivity index (χ0) is 13.2. The van der Waals surface area contributed by atoms with E-state index >= 15 is 0 Å². The average Bonchev–Trinajstić information content (AvgIpc) is 2.53. The third-order valence-electron chi connectivity index (χ3n) is 3.31. The van der Waals surface area contributed by atoms with E-state index in [1.54, 1.807) is 16.6 Å². The highest BCUT2D eigenvalue weighted by atomic mass is 16.3. The Bertz CT molecular complexity index is 412. The Balaban J connectivity index is 2.81. The van der Waals surface area contributed by atoms with Gasteiger partial charge in [-0.1, -0.05) is 0 Å². The van der Waals surface area contributed by atoms with Gasteiger partial charge in [0.2, 0.25) is 5.91 Å². The fourth-order valence-corrected chi connectivity index (χ4v) is 1.72. The Kier molecular flexibility index (Phi) is 4.28. The van der Waals surface area contributed by atoms with Crippen LogP contribution in [0.2, 0.25) is 0 Å². The smallest absolute Gasteiger partial charge is 0.227 e. The standard InChI is InChI=1S/C12H21N3O2/c1-8(7-16)14(4)12(17)6-11-9(2)13-15(5)10(11)3/h8,16H,6-7H2,1-5H3. The Morgan fingerprint density at radius 2 is 2.12 bits per heavy atom. The average molecular weight is 239 g/mol. The minimum Gasteiger partial charge on any atom is -0.394 e. The van der Waals surface area contributed by atoms with Crippen molar-refractivity contribution in [2.75, 3.05) is 13.7 Å². The van der Waals surface area contributed by atoms with Crippen molar-refractivity contribution in [2.24, 2.45) is 7.05 Å². The van der Waals surface area contributed by atoms with E-state index in [9.17, 15) is 4.79 Å². The molecule has 1 amide bonds. The molecule has 1 rings (SSSR count). The molecule has 0 radical (unpaired) electrons. The third-order valence-corrected chi connectivity index (χ3v) is 3.31. The highest BCUT2D eigenvalue weighted by Gasteiger charge is 2.19. The maximum Gasteiger partial charge on any atom is 0.227 e. The maximum atomic E-state index is 12.0. The molecule has 0 bridgehead atoms. The summed E-state index contributed by atoms with van der Waals surface area (Å²) in [5.74, 6) is 0.00532. The van der Waals surface area contributed by atoms with Gasteiger partial charge in [-0.15, -0.1) is 0 Å². The van der Waals surface area contributed by atoms with E-state index in [0.29, 0.717) is 6.42 Å². The maximum absolute atomic E-state index is 12.0. The molecular formula is C12H21N3O2. The van der Waals surface area contributed by atoms with E-state index in [0.717, 1.165) is 17.0 Å². The number of aliphatic hydroxyl groups excluding tert-OH is 1. The topological polar surface area (TPSA) is 58.4 Å². The van der Waals surface area contributed by atoms with Crippen LogP contribution in [-0.4, -0.2) is 45.4 Å². The Labute approximate surface area is 102 Å². The summed E-state index contributed by atoms with van der Waals surface area (Å²) in [6.07, 6.45) is 0.340. The molecule has 0 aliphatic carbocycles. The van der Waals surface area contributed by atoms with Crippen LogP contribution in [0.3, 0.4) is 0 Å². The summed E-state index contributed by atoms with van der Waals surface area (Å²) < 4.78 is 1.79. The molecule has 96 valence electrons. The first-order valence-electron chi connectivity index (χ1n) is 5.74. The van der Waals surface area contributed by atoms with Crippen molar-refractivity contribution in [3.05, 3.63) is 17.0 Å². The molecule has 0 spiro atoms. The van der Waals surface area contributed by atoms with Gasteiger partial charge in [-0.3, -0.25) is 9.48 Å². The van der Waals surface area contributed by atoms with Crippen LogP contribution in [0.15, 0.2) is 0 Å². The number of carbonyl (C=O) groups is 1. The van der Waals surface area contributed by atoms with Crippen LogP contribution in [0.5, 0.6) is 0 Å². The molecule has 1 atom stereocenters. The fraction of sp³-hybridized carbons (Fsp3) is 0.667. The van der Waals surface area contributed by atoms with Crippen molar-refractivity contribution in [1.29, 1.82) is 0 Å². The molecule has 0 aliphatic heterocycles. The predicted molar refractivity (Wildman–Crippen MR) is 65.7 cm³/mol. The zero-order valence-electron chi connectivity index (χ0n) is 11.2. The fourth-order valence-electron chi connectivity index (χ4n) is 1.72. The van der Waals surface area contributed by atoms with Crippen LogP contribution in [0.4, 0.5) is 0 Å². The predicted octanol–water partition coefficient (Wildman–Crippen LogP) is 0.419. The lowest BCUT2D eigenvalue weighted by atomic mass is 10.1. The van der Waals surface area contributed by atoms with E-state index < -0.39 is 0 Å². The van der Waals surface area contributed by atoms with Gasteiger partial charge in [-0.25, -0.2) is 0 Å². The number of aliphatic hydroxyl groups is 1. The van der Waals surface area contributed by atoms with E-state index in [1.807, 2.05) is 27.8 Å². The first-order valence-corrected chi connectivity index (χ1v) is 5.74. The number of nitrogens with zero attached hydrogens (tertiary/aromatic N) is 3. The Morgan fingerprint density at radius 3 is 2.53 bits per heavy atom. The lowest BCUT2D eigenvalue weighted by Gasteiger charge is -2.23. The summed E-state index contributed by atoms with van der Waals surface area (Å²) in [5.41, 5.74) is 2.89. The molecule has 0 fully saturated rings. The molecule has 0 saturated carbocycles. The first-order chi connectivity index (χ1) is 7.88. The van der Waals surface area contributed by atoms with Crippen molar-refractivity contribution in [2.45, 2.75) is 33.2 Å². The highest BCUT2D eigenvalue weighted by molar-refractivity contribution is 5.79. The minimum atomic E-state index is -0.153. The van der Waals surface area contributed by atoms with Crippen LogP contribution >= 0.6 is 0 Å². The van der Waals surface area contributed by atoms with Gasteiger partial charge in [0.1, 0.15) is 0 Å². The molecule has 1 unspecified atom stereocenters. The van der Waals surface area contributed by atoms with Crippen LogP contribution < -0.4 is 0 Å². The summed E-state index contributed by atoms with van der Waals surface area (Å²) in [4.78, 5) is 13.6. The van der Waals surface area contributed by atoms with Crippen molar-refractivity contribution >= 4 is 5.91 Å². The Hall–Kier alpha value is -1.36. The number of amides is 1. The van der Waals surface area contributed by atoms with Gasteiger partial charge >= 0.3 is 0 Å². The monoisotopic (exact) mass is 239 g/mol. The van der Waals surface area contributed by atoms with E-state index in [1.165, 1.54) is 0 Å². The molecule has 0 aliphatic rings. The van der Waals surface area contributed by atoms with E-state index in [-0.39, 0.29) is 18.6 Å². The van der Waals surface area contributed by atoms with Gasteiger partial charge in [0, 0.05) is 25.4 Å². The molecule has 17 heavy (non-hydrogen) atoms. The second kappa shape index (κ2) is 5.31. The number of carbonyl (C=O) groups excluding carboxylic acids is 1. The summed E-state index contributed by atoms with van der Waals surface area (Å²) in [7, 11) is 3.58. The summed E-state index contributed by atoms with van der Waals surface area (Å²) in [6.45, 7) is 5.66. The molecule has 1 aromatic rings. The number of hydrogen-bond acceptors (Lipinski definition) is 3. The van der Waals surface area contributed by atoms with Crippen molar-refractivity contribution in [1.82, 2.24) is 14.7 Å². The molecule has 1 aromatic heterocycles. The Morgan fingerprint density at radius 1 is 1.53 bits per heavy atom. The van der Waals surface area contributed by atoms with Gasteiger partial charge < -0.3 is 10.0 Å². The summed E-state index contributed by atoms with van der Waals surface area (Å²) >= 11 is 0. The van der Waals surface area contributed by atoms with Gasteiger partial charge in [-0.2, -0.15) is 5.10 Å². The number of aryl methyl sites for hydroxylation is 2. The lowest BCUT2D eigenvalue weighted by Crippen LogP contribution is -2.38. The molecule has 5 heteroatoms. The first kappa shape index (κ1) is 13.7. The second-order valence-electron chi connectivity index (χ2n) is 4.49. The van der Waals surface area contributed by atoms with Gasteiger partial charge in [0.05, 0.1) is 24.8 Å². The zero-order valence-corrected chi connectivity index (χ0v) is 11.2. The second-order valence-corrected chi connectivity index (χ2v) is 4.49.